The van der Waals surface area contributed by atoms with Crippen molar-refractivity contribution in [2.45, 2.75) is 6.61 Å². The molecule has 94 valence electrons. The van der Waals surface area contributed by atoms with Crippen LogP contribution in [0.1, 0.15) is 5.56 Å². The first kappa shape index (κ1) is 13.4. The molecule has 0 spiro atoms. The van der Waals surface area contributed by atoms with Crippen LogP contribution in [0.2, 0.25) is 0 Å². The second-order valence-electron chi connectivity index (χ2n) is 3.71. The highest BCUT2D eigenvalue weighted by atomic mass is 79.9. The minimum atomic E-state index is 0.532. The highest BCUT2D eigenvalue weighted by molar-refractivity contribution is 9.11. The Labute approximate surface area is 123 Å². The third-order valence-corrected chi connectivity index (χ3v) is 3.56. The van der Waals surface area contributed by atoms with Crippen LogP contribution in [0.25, 0.3) is 0 Å². The number of benzene rings is 2. The second kappa shape index (κ2) is 6.25. The molecular formula is C14H12Br2O2. The van der Waals surface area contributed by atoms with Gasteiger partial charge in [0.05, 0.1) is 11.6 Å². The van der Waals surface area contributed by atoms with Gasteiger partial charge >= 0.3 is 0 Å². The van der Waals surface area contributed by atoms with E-state index in [1.54, 1.807) is 7.11 Å². The maximum Gasteiger partial charge on any atom is 0.134 e. The van der Waals surface area contributed by atoms with Crippen molar-refractivity contribution < 1.29 is 9.47 Å². The smallest absolute Gasteiger partial charge is 0.134 e. The maximum atomic E-state index is 5.74. The van der Waals surface area contributed by atoms with Gasteiger partial charge in [0.2, 0.25) is 0 Å². The predicted octanol–water partition coefficient (Wildman–Crippen LogP) is 4.80. The summed E-state index contributed by atoms with van der Waals surface area (Å²) in [4.78, 5) is 0. The third-order valence-electron chi connectivity index (χ3n) is 2.45. The van der Waals surface area contributed by atoms with Gasteiger partial charge in [-0.1, -0.05) is 28.1 Å². The summed E-state index contributed by atoms with van der Waals surface area (Å²) in [5.74, 6) is 1.68. The van der Waals surface area contributed by atoms with Crippen LogP contribution in [0.5, 0.6) is 11.5 Å². The summed E-state index contributed by atoms with van der Waals surface area (Å²) in [6.07, 6.45) is 0. The lowest BCUT2D eigenvalue weighted by molar-refractivity contribution is 0.304. The lowest BCUT2D eigenvalue weighted by atomic mass is 10.2. The predicted molar refractivity (Wildman–Crippen MR) is 79.2 cm³/mol. The maximum absolute atomic E-state index is 5.74. The van der Waals surface area contributed by atoms with Gasteiger partial charge in [-0.05, 0) is 51.8 Å². The van der Waals surface area contributed by atoms with E-state index in [-0.39, 0.29) is 0 Å². The van der Waals surface area contributed by atoms with Crippen molar-refractivity contribution in [3.63, 3.8) is 0 Å². The SMILES string of the molecule is COc1ccc(COc2ccc(Br)cc2Br)cc1. The first-order chi connectivity index (χ1) is 8.69. The molecule has 0 bridgehead atoms. The van der Waals surface area contributed by atoms with E-state index in [2.05, 4.69) is 31.9 Å². The first-order valence-corrected chi connectivity index (χ1v) is 6.98. The molecule has 0 aromatic heterocycles. The zero-order valence-corrected chi connectivity index (χ0v) is 13.0. The summed E-state index contributed by atoms with van der Waals surface area (Å²) < 4.78 is 12.8. The summed E-state index contributed by atoms with van der Waals surface area (Å²) in [6, 6.07) is 13.7. The van der Waals surface area contributed by atoms with Gasteiger partial charge in [-0.2, -0.15) is 0 Å². The van der Waals surface area contributed by atoms with Gasteiger partial charge in [0.25, 0.3) is 0 Å². The van der Waals surface area contributed by atoms with Crippen LogP contribution in [-0.4, -0.2) is 7.11 Å². The quantitative estimate of drug-likeness (QED) is 0.768. The highest BCUT2D eigenvalue weighted by Gasteiger charge is 2.02. The Kier molecular flexibility index (Phi) is 4.66. The summed E-state index contributed by atoms with van der Waals surface area (Å²) in [7, 11) is 1.66. The molecule has 0 amide bonds. The van der Waals surface area contributed by atoms with Crippen molar-refractivity contribution in [3.05, 3.63) is 57.0 Å². The lowest BCUT2D eigenvalue weighted by Crippen LogP contribution is -1.96. The van der Waals surface area contributed by atoms with Crippen molar-refractivity contribution in [1.29, 1.82) is 0 Å². The monoisotopic (exact) mass is 370 g/mol. The van der Waals surface area contributed by atoms with E-state index in [0.717, 1.165) is 26.0 Å². The molecule has 4 heteroatoms. The number of hydrogen-bond acceptors (Lipinski definition) is 2. The molecule has 2 aromatic carbocycles. The number of hydrogen-bond donors (Lipinski definition) is 0. The highest BCUT2D eigenvalue weighted by Crippen LogP contribution is 2.28. The molecular weight excluding hydrogens is 360 g/mol. The number of rotatable bonds is 4. The van der Waals surface area contributed by atoms with E-state index >= 15 is 0 Å². The van der Waals surface area contributed by atoms with Crippen molar-refractivity contribution in [2.75, 3.05) is 7.11 Å². The minimum Gasteiger partial charge on any atom is -0.497 e. The molecule has 0 aliphatic heterocycles. The molecule has 0 aliphatic rings. The van der Waals surface area contributed by atoms with E-state index in [0.29, 0.717) is 6.61 Å². The molecule has 0 saturated heterocycles. The van der Waals surface area contributed by atoms with Crippen molar-refractivity contribution in [1.82, 2.24) is 0 Å². The fraction of sp³-hybridized carbons (Fsp3) is 0.143. The average Bonchev–Trinajstić information content (AvgIpc) is 2.38. The molecule has 0 atom stereocenters. The van der Waals surface area contributed by atoms with Gasteiger partial charge < -0.3 is 9.47 Å². The fourth-order valence-corrected chi connectivity index (χ4v) is 2.64. The Bertz CT molecular complexity index is 524. The van der Waals surface area contributed by atoms with Crippen LogP contribution >= 0.6 is 31.9 Å². The van der Waals surface area contributed by atoms with E-state index in [1.165, 1.54) is 0 Å². The largest absolute Gasteiger partial charge is 0.497 e. The van der Waals surface area contributed by atoms with E-state index in [9.17, 15) is 0 Å². The molecule has 2 nitrogen and oxygen atoms in total. The zero-order valence-electron chi connectivity index (χ0n) is 9.82. The molecule has 0 aliphatic carbocycles. The molecule has 0 heterocycles. The minimum absolute atomic E-state index is 0.532. The van der Waals surface area contributed by atoms with Crippen molar-refractivity contribution in [2.24, 2.45) is 0 Å². The molecule has 0 radical (unpaired) electrons. The lowest BCUT2D eigenvalue weighted by Gasteiger charge is -2.09. The number of halogens is 2. The van der Waals surface area contributed by atoms with Crippen LogP contribution in [-0.2, 0) is 6.61 Å². The summed E-state index contributed by atoms with van der Waals surface area (Å²) in [5, 5.41) is 0. The van der Waals surface area contributed by atoms with Gasteiger partial charge in [0, 0.05) is 4.47 Å². The Hall–Kier alpha value is -1.000. The summed E-state index contributed by atoms with van der Waals surface area (Å²) >= 11 is 6.88. The molecule has 0 fully saturated rings. The van der Waals surface area contributed by atoms with Crippen molar-refractivity contribution >= 4 is 31.9 Å². The fourth-order valence-electron chi connectivity index (χ4n) is 1.48. The molecule has 18 heavy (non-hydrogen) atoms. The van der Waals surface area contributed by atoms with Gasteiger partial charge in [0.15, 0.2) is 0 Å². The molecule has 0 saturated carbocycles. The standard InChI is InChI=1S/C14H12Br2O2/c1-17-12-5-2-10(3-6-12)9-18-14-7-4-11(15)8-13(14)16/h2-8H,9H2,1H3. The van der Waals surface area contributed by atoms with Crippen molar-refractivity contribution in [3.8, 4) is 11.5 Å². The Morgan fingerprint density at radius 3 is 2.33 bits per heavy atom. The van der Waals surface area contributed by atoms with Gasteiger partial charge in [-0.3, -0.25) is 0 Å². The van der Waals surface area contributed by atoms with E-state index in [1.807, 2.05) is 42.5 Å². The Morgan fingerprint density at radius 2 is 1.72 bits per heavy atom. The van der Waals surface area contributed by atoms with Crippen LogP contribution < -0.4 is 9.47 Å². The summed E-state index contributed by atoms with van der Waals surface area (Å²) in [5.41, 5.74) is 1.10. The molecule has 0 N–H and O–H groups in total. The third kappa shape index (κ3) is 3.50. The summed E-state index contributed by atoms with van der Waals surface area (Å²) in [6.45, 7) is 0.532. The van der Waals surface area contributed by atoms with E-state index < -0.39 is 0 Å². The number of ether oxygens (including phenoxy) is 2. The number of methoxy groups -OCH3 is 1. The Balaban J connectivity index is 2.02. The Morgan fingerprint density at radius 1 is 1.00 bits per heavy atom. The average molecular weight is 372 g/mol. The molecule has 0 unspecified atom stereocenters. The van der Waals surface area contributed by atoms with Gasteiger partial charge in [-0.25, -0.2) is 0 Å². The second-order valence-corrected chi connectivity index (χ2v) is 5.48. The topological polar surface area (TPSA) is 18.5 Å². The van der Waals surface area contributed by atoms with Crippen LogP contribution in [0.3, 0.4) is 0 Å². The van der Waals surface area contributed by atoms with Crippen LogP contribution in [0.15, 0.2) is 51.4 Å². The normalized spacial score (nSPS) is 10.2. The zero-order chi connectivity index (χ0) is 13.0. The van der Waals surface area contributed by atoms with Crippen LogP contribution in [0.4, 0.5) is 0 Å². The van der Waals surface area contributed by atoms with Gasteiger partial charge in [-0.15, -0.1) is 0 Å². The van der Waals surface area contributed by atoms with E-state index in [4.69, 9.17) is 9.47 Å². The molecule has 2 rings (SSSR count). The molecule has 2 aromatic rings. The first-order valence-electron chi connectivity index (χ1n) is 5.40. The van der Waals surface area contributed by atoms with Gasteiger partial charge in [0.1, 0.15) is 18.1 Å². The van der Waals surface area contributed by atoms with Crippen LogP contribution in [0, 0.1) is 0 Å².